The lowest BCUT2D eigenvalue weighted by atomic mass is 9.96. The van der Waals surface area contributed by atoms with Crippen LogP contribution in [0.25, 0.3) is 11.0 Å². The molecule has 1 atom stereocenters. The number of anilines is 2. The SMILES string of the molecule is Cc1cccc(N2CCN(CCCNC(=O)C3CCN(c4nc5ccccc5[nH]4)CC3)C[C@@H]2C)c1. The molecule has 35 heavy (non-hydrogen) atoms. The number of rotatable bonds is 7. The summed E-state index contributed by atoms with van der Waals surface area (Å²) in [6.07, 6.45) is 2.75. The molecule has 7 heteroatoms. The molecule has 0 unspecified atom stereocenters. The van der Waals surface area contributed by atoms with Crippen LogP contribution in [0.1, 0.15) is 31.7 Å². The highest BCUT2D eigenvalue weighted by Crippen LogP contribution is 2.24. The van der Waals surface area contributed by atoms with Gasteiger partial charge in [-0.2, -0.15) is 0 Å². The maximum Gasteiger partial charge on any atom is 0.223 e. The van der Waals surface area contributed by atoms with Crippen molar-refractivity contribution in [2.24, 2.45) is 5.92 Å². The minimum Gasteiger partial charge on any atom is -0.366 e. The van der Waals surface area contributed by atoms with Crippen LogP contribution in [-0.4, -0.2) is 72.6 Å². The lowest BCUT2D eigenvalue weighted by Crippen LogP contribution is -2.52. The number of nitrogens with one attached hydrogen (secondary N) is 2. The van der Waals surface area contributed by atoms with Gasteiger partial charge in [0, 0.05) is 56.9 Å². The molecule has 1 amide bonds. The zero-order chi connectivity index (χ0) is 24.2. The number of aromatic nitrogens is 2. The topological polar surface area (TPSA) is 67.5 Å². The summed E-state index contributed by atoms with van der Waals surface area (Å²) in [6, 6.07) is 17.4. The average Bonchev–Trinajstić information content (AvgIpc) is 3.31. The van der Waals surface area contributed by atoms with E-state index in [1.807, 2.05) is 18.2 Å². The Morgan fingerprint density at radius 2 is 1.91 bits per heavy atom. The third-order valence-corrected chi connectivity index (χ3v) is 7.54. The second kappa shape index (κ2) is 10.7. The fourth-order valence-electron chi connectivity index (χ4n) is 5.53. The summed E-state index contributed by atoms with van der Waals surface area (Å²) in [5, 5.41) is 3.20. The summed E-state index contributed by atoms with van der Waals surface area (Å²) in [7, 11) is 0. The Morgan fingerprint density at radius 3 is 2.69 bits per heavy atom. The highest BCUT2D eigenvalue weighted by molar-refractivity contribution is 5.79. The maximum atomic E-state index is 12.7. The molecule has 5 rings (SSSR count). The van der Waals surface area contributed by atoms with Crippen molar-refractivity contribution in [1.29, 1.82) is 0 Å². The van der Waals surface area contributed by atoms with E-state index in [0.717, 1.165) is 82.1 Å². The average molecular weight is 475 g/mol. The third-order valence-electron chi connectivity index (χ3n) is 7.54. The standard InChI is InChI=1S/C28H38N6O/c1-21-7-5-8-24(19-21)34-18-17-32(20-22(34)2)14-6-13-29-27(35)23-11-15-33(16-12-23)28-30-25-9-3-4-10-26(25)31-28/h3-5,7-10,19,22-23H,6,11-18,20H2,1-2H3,(H,29,35)(H,30,31)/t22-/m0/s1. The number of hydrogen-bond donors (Lipinski definition) is 2. The molecule has 186 valence electrons. The number of carbonyl (C=O) groups excluding carboxylic acids is 1. The van der Waals surface area contributed by atoms with Gasteiger partial charge in [0.2, 0.25) is 11.9 Å². The molecule has 3 heterocycles. The van der Waals surface area contributed by atoms with Crippen LogP contribution in [0.2, 0.25) is 0 Å². The Balaban J connectivity index is 1.01. The van der Waals surface area contributed by atoms with Gasteiger partial charge in [0.1, 0.15) is 0 Å². The third kappa shape index (κ3) is 5.61. The zero-order valence-electron chi connectivity index (χ0n) is 21.0. The molecule has 2 aliphatic rings. The van der Waals surface area contributed by atoms with Crippen molar-refractivity contribution in [2.75, 3.05) is 55.6 Å². The van der Waals surface area contributed by atoms with Gasteiger partial charge in [-0.05, 0) is 69.5 Å². The molecule has 2 aliphatic heterocycles. The van der Waals surface area contributed by atoms with Crippen LogP contribution in [-0.2, 0) is 4.79 Å². The van der Waals surface area contributed by atoms with E-state index in [9.17, 15) is 4.79 Å². The van der Waals surface area contributed by atoms with E-state index in [0.29, 0.717) is 6.04 Å². The first-order valence-corrected chi connectivity index (χ1v) is 13.1. The van der Waals surface area contributed by atoms with Gasteiger partial charge >= 0.3 is 0 Å². The number of amides is 1. The van der Waals surface area contributed by atoms with E-state index in [4.69, 9.17) is 4.98 Å². The van der Waals surface area contributed by atoms with Crippen molar-refractivity contribution >= 4 is 28.6 Å². The van der Waals surface area contributed by atoms with Crippen molar-refractivity contribution in [2.45, 2.75) is 39.2 Å². The predicted octanol–water partition coefficient (Wildman–Crippen LogP) is 3.80. The Kier molecular flexibility index (Phi) is 7.23. The number of fused-ring (bicyclic) bond motifs is 1. The summed E-state index contributed by atoms with van der Waals surface area (Å²) in [6.45, 7) is 11.2. The van der Waals surface area contributed by atoms with Crippen LogP contribution in [0, 0.1) is 12.8 Å². The second-order valence-electron chi connectivity index (χ2n) is 10.2. The summed E-state index contributed by atoms with van der Waals surface area (Å²) >= 11 is 0. The summed E-state index contributed by atoms with van der Waals surface area (Å²) in [5.74, 6) is 1.24. The molecule has 2 fully saturated rings. The fraction of sp³-hybridized carbons (Fsp3) is 0.500. The van der Waals surface area contributed by atoms with Crippen LogP contribution in [0.3, 0.4) is 0 Å². The van der Waals surface area contributed by atoms with Crippen molar-refractivity contribution < 1.29 is 4.79 Å². The van der Waals surface area contributed by atoms with Gasteiger partial charge < -0.3 is 20.1 Å². The molecule has 0 spiro atoms. The number of aryl methyl sites for hydroxylation is 1. The Bertz CT molecular complexity index is 1100. The van der Waals surface area contributed by atoms with Crippen LogP contribution in [0.5, 0.6) is 0 Å². The van der Waals surface area contributed by atoms with Gasteiger partial charge in [-0.1, -0.05) is 24.3 Å². The molecule has 0 saturated carbocycles. The van der Waals surface area contributed by atoms with Gasteiger partial charge in [0.15, 0.2) is 0 Å². The number of benzene rings is 2. The van der Waals surface area contributed by atoms with Gasteiger partial charge in [0.05, 0.1) is 11.0 Å². The Morgan fingerprint density at radius 1 is 1.09 bits per heavy atom. The monoisotopic (exact) mass is 474 g/mol. The second-order valence-corrected chi connectivity index (χ2v) is 10.2. The van der Waals surface area contributed by atoms with E-state index in [-0.39, 0.29) is 11.8 Å². The number of para-hydroxylation sites is 2. The van der Waals surface area contributed by atoms with E-state index >= 15 is 0 Å². The van der Waals surface area contributed by atoms with Gasteiger partial charge in [0.25, 0.3) is 0 Å². The molecule has 2 saturated heterocycles. The molecule has 2 aromatic carbocycles. The van der Waals surface area contributed by atoms with Crippen molar-refractivity contribution in [1.82, 2.24) is 20.2 Å². The van der Waals surface area contributed by atoms with Crippen molar-refractivity contribution in [3.05, 3.63) is 54.1 Å². The molecular formula is C28H38N6O. The number of aromatic amines is 1. The molecular weight excluding hydrogens is 436 g/mol. The van der Waals surface area contributed by atoms with E-state index in [2.05, 4.69) is 69.2 Å². The number of nitrogens with zero attached hydrogens (tertiary/aromatic N) is 4. The van der Waals surface area contributed by atoms with Crippen molar-refractivity contribution in [3.8, 4) is 0 Å². The van der Waals surface area contributed by atoms with Crippen LogP contribution in [0.4, 0.5) is 11.6 Å². The van der Waals surface area contributed by atoms with E-state index in [1.165, 1.54) is 11.3 Å². The first-order chi connectivity index (χ1) is 17.1. The summed E-state index contributed by atoms with van der Waals surface area (Å²) in [4.78, 5) is 28.2. The number of H-pyrrole nitrogens is 1. The molecule has 1 aromatic heterocycles. The summed E-state index contributed by atoms with van der Waals surface area (Å²) in [5.41, 5.74) is 4.70. The van der Waals surface area contributed by atoms with Gasteiger partial charge in [-0.25, -0.2) is 4.98 Å². The zero-order valence-corrected chi connectivity index (χ0v) is 21.0. The minimum atomic E-state index is 0.105. The minimum absolute atomic E-state index is 0.105. The molecule has 0 bridgehead atoms. The first kappa shape index (κ1) is 23.7. The molecule has 0 radical (unpaired) electrons. The number of piperazine rings is 1. The number of carbonyl (C=O) groups is 1. The maximum absolute atomic E-state index is 12.7. The molecule has 0 aliphatic carbocycles. The summed E-state index contributed by atoms with van der Waals surface area (Å²) < 4.78 is 0. The van der Waals surface area contributed by atoms with Crippen LogP contribution in [0.15, 0.2) is 48.5 Å². The lowest BCUT2D eigenvalue weighted by Gasteiger charge is -2.41. The van der Waals surface area contributed by atoms with Crippen LogP contribution < -0.4 is 15.1 Å². The number of hydrogen-bond acceptors (Lipinski definition) is 5. The van der Waals surface area contributed by atoms with E-state index < -0.39 is 0 Å². The Hall–Kier alpha value is -3.06. The van der Waals surface area contributed by atoms with Gasteiger partial charge in [-0.15, -0.1) is 0 Å². The molecule has 3 aromatic rings. The highest BCUT2D eigenvalue weighted by Gasteiger charge is 2.27. The normalized spacial score (nSPS) is 19.9. The van der Waals surface area contributed by atoms with Crippen molar-refractivity contribution in [3.63, 3.8) is 0 Å². The van der Waals surface area contributed by atoms with Gasteiger partial charge in [-0.3, -0.25) is 9.69 Å². The Labute approximate surface area is 208 Å². The van der Waals surface area contributed by atoms with Crippen LogP contribution >= 0.6 is 0 Å². The molecule has 7 nitrogen and oxygen atoms in total. The fourth-order valence-corrected chi connectivity index (χ4v) is 5.53. The highest BCUT2D eigenvalue weighted by atomic mass is 16.1. The number of imidazole rings is 1. The van der Waals surface area contributed by atoms with E-state index in [1.54, 1.807) is 0 Å². The first-order valence-electron chi connectivity index (χ1n) is 13.1. The quantitative estimate of drug-likeness (QED) is 0.510. The largest absolute Gasteiger partial charge is 0.366 e. The molecule has 2 N–H and O–H groups in total. The number of piperidine rings is 1. The smallest absolute Gasteiger partial charge is 0.223 e. The lowest BCUT2D eigenvalue weighted by molar-refractivity contribution is -0.125. The predicted molar refractivity (Wildman–Crippen MR) is 143 cm³/mol.